The van der Waals surface area contributed by atoms with E-state index in [1.165, 1.54) is 0 Å². The summed E-state index contributed by atoms with van der Waals surface area (Å²) in [6.45, 7) is 0. The summed E-state index contributed by atoms with van der Waals surface area (Å²) in [4.78, 5) is 14.2. The standard InChI is InChI=1S/C7H7NO.C5H6N2/c8-7(9)6-4-2-1-3-5-6;6-5-3-1-2-4-7-5/h1-5H,(H2,8,9);1-4H,(H2,6,7). The zero-order valence-corrected chi connectivity index (χ0v) is 8.71. The lowest BCUT2D eigenvalue weighted by Gasteiger charge is -1.89. The Balaban J connectivity index is 0.000000165. The van der Waals surface area contributed by atoms with Crippen molar-refractivity contribution in [3.05, 3.63) is 60.3 Å². The van der Waals surface area contributed by atoms with Gasteiger partial charge in [-0.25, -0.2) is 4.98 Å². The Labute approximate surface area is 93.9 Å². The monoisotopic (exact) mass is 215 g/mol. The number of carbonyl (C=O) groups is 1. The minimum atomic E-state index is -0.379. The third-order valence-electron chi connectivity index (χ3n) is 1.75. The second kappa shape index (κ2) is 6.19. The van der Waals surface area contributed by atoms with E-state index >= 15 is 0 Å². The number of aromatic nitrogens is 1. The van der Waals surface area contributed by atoms with Gasteiger partial charge >= 0.3 is 0 Å². The number of anilines is 1. The molecule has 0 bridgehead atoms. The minimum absolute atomic E-state index is 0.379. The van der Waals surface area contributed by atoms with E-state index in [1.54, 1.807) is 36.5 Å². The van der Waals surface area contributed by atoms with Crippen LogP contribution < -0.4 is 11.5 Å². The van der Waals surface area contributed by atoms with Gasteiger partial charge in [0.1, 0.15) is 5.82 Å². The van der Waals surface area contributed by atoms with E-state index in [4.69, 9.17) is 11.5 Å². The number of pyridine rings is 1. The molecular formula is C12H13N3O. The zero-order chi connectivity index (χ0) is 11.8. The molecule has 4 heteroatoms. The summed E-state index contributed by atoms with van der Waals surface area (Å²) in [6.07, 6.45) is 1.66. The molecule has 4 N–H and O–H groups in total. The highest BCUT2D eigenvalue weighted by Crippen LogP contribution is 1.94. The van der Waals surface area contributed by atoms with Crippen molar-refractivity contribution >= 4 is 11.7 Å². The van der Waals surface area contributed by atoms with E-state index in [0.29, 0.717) is 11.4 Å². The van der Waals surface area contributed by atoms with Crippen molar-refractivity contribution in [1.29, 1.82) is 0 Å². The van der Waals surface area contributed by atoms with Crippen molar-refractivity contribution < 1.29 is 4.79 Å². The van der Waals surface area contributed by atoms with Gasteiger partial charge in [0.15, 0.2) is 0 Å². The quantitative estimate of drug-likeness (QED) is 0.755. The molecule has 1 aromatic carbocycles. The van der Waals surface area contributed by atoms with Crippen LogP contribution in [0.2, 0.25) is 0 Å². The summed E-state index contributed by atoms with van der Waals surface area (Å²) in [6, 6.07) is 14.2. The lowest BCUT2D eigenvalue weighted by atomic mass is 10.2. The molecular weight excluding hydrogens is 202 g/mol. The number of nitrogens with zero attached hydrogens (tertiary/aromatic N) is 1. The predicted molar refractivity (Wildman–Crippen MR) is 63.6 cm³/mol. The van der Waals surface area contributed by atoms with Crippen LogP contribution in [-0.2, 0) is 0 Å². The van der Waals surface area contributed by atoms with E-state index in [2.05, 4.69) is 4.98 Å². The molecule has 0 aliphatic rings. The SMILES string of the molecule is NC(=O)c1ccccc1.Nc1ccccn1. The van der Waals surface area contributed by atoms with Gasteiger partial charge in [-0.15, -0.1) is 0 Å². The van der Waals surface area contributed by atoms with Gasteiger partial charge in [0.25, 0.3) is 0 Å². The Bertz CT molecular complexity index is 429. The summed E-state index contributed by atoms with van der Waals surface area (Å²) in [7, 11) is 0. The number of carbonyl (C=O) groups excluding carboxylic acids is 1. The summed E-state index contributed by atoms with van der Waals surface area (Å²) < 4.78 is 0. The zero-order valence-electron chi connectivity index (χ0n) is 8.71. The highest BCUT2D eigenvalue weighted by atomic mass is 16.1. The fourth-order valence-corrected chi connectivity index (χ4v) is 0.978. The molecule has 0 spiro atoms. The lowest BCUT2D eigenvalue weighted by Crippen LogP contribution is -2.09. The molecule has 16 heavy (non-hydrogen) atoms. The largest absolute Gasteiger partial charge is 0.384 e. The smallest absolute Gasteiger partial charge is 0.248 e. The number of rotatable bonds is 1. The number of hydrogen-bond donors (Lipinski definition) is 2. The summed E-state index contributed by atoms with van der Waals surface area (Å²) in [5, 5.41) is 0. The van der Waals surface area contributed by atoms with Crippen LogP contribution in [0.3, 0.4) is 0 Å². The van der Waals surface area contributed by atoms with Gasteiger partial charge in [-0.3, -0.25) is 4.79 Å². The Morgan fingerprint density at radius 2 is 1.62 bits per heavy atom. The van der Waals surface area contributed by atoms with Crippen LogP contribution in [0.15, 0.2) is 54.7 Å². The number of nitrogen functional groups attached to an aromatic ring is 1. The number of hydrogen-bond acceptors (Lipinski definition) is 3. The van der Waals surface area contributed by atoms with Gasteiger partial charge < -0.3 is 11.5 Å². The molecule has 1 aromatic heterocycles. The van der Waals surface area contributed by atoms with Crippen molar-refractivity contribution in [2.45, 2.75) is 0 Å². The second-order valence-corrected chi connectivity index (χ2v) is 2.98. The highest BCUT2D eigenvalue weighted by Gasteiger charge is 1.93. The Morgan fingerprint density at radius 3 is 1.94 bits per heavy atom. The summed E-state index contributed by atoms with van der Waals surface area (Å²) >= 11 is 0. The van der Waals surface area contributed by atoms with Crippen LogP contribution >= 0.6 is 0 Å². The molecule has 2 rings (SSSR count). The maximum atomic E-state index is 10.4. The van der Waals surface area contributed by atoms with Crippen molar-refractivity contribution in [2.75, 3.05) is 5.73 Å². The van der Waals surface area contributed by atoms with E-state index in [0.717, 1.165) is 0 Å². The first-order valence-corrected chi connectivity index (χ1v) is 4.71. The molecule has 1 heterocycles. The predicted octanol–water partition coefficient (Wildman–Crippen LogP) is 1.45. The van der Waals surface area contributed by atoms with Crippen LogP contribution in [0.4, 0.5) is 5.82 Å². The molecule has 0 fully saturated rings. The van der Waals surface area contributed by atoms with Crippen molar-refractivity contribution in [2.24, 2.45) is 5.73 Å². The molecule has 0 aliphatic carbocycles. The molecule has 1 amide bonds. The summed E-state index contributed by atoms with van der Waals surface area (Å²) in [5.74, 6) is 0.193. The highest BCUT2D eigenvalue weighted by molar-refractivity contribution is 5.92. The first-order chi connectivity index (χ1) is 7.70. The van der Waals surface area contributed by atoms with Gasteiger partial charge in [0, 0.05) is 11.8 Å². The average Bonchev–Trinajstić information content (AvgIpc) is 2.32. The van der Waals surface area contributed by atoms with Crippen molar-refractivity contribution in [3.8, 4) is 0 Å². The van der Waals surface area contributed by atoms with Crippen molar-refractivity contribution in [1.82, 2.24) is 4.98 Å². The minimum Gasteiger partial charge on any atom is -0.384 e. The van der Waals surface area contributed by atoms with E-state index < -0.39 is 0 Å². The van der Waals surface area contributed by atoms with Gasteiger partial charge in [-0.05, 0) is 24.3 Å². The van der Waals surface area contributed by atoms with Crippen LogP contribution in [0, 0.1) is 0 Å². The number of benzene rings is 1. The molecule has 0 saturated heterocycles. The number of primary amides is 1. The van der Waals surface area contributed by atoms with Gasteiger partial charge in [0.2, 0.25) is 5.91 Å². The normalized spacial score (nSPS) is 8.75. The maximum Gasteiger partial charge on any atom is 0.248 e. The van der Waals surface area contributed by atoms with E-state index in [9.17, 15) is 4.79 Å². The Morgan fingerprint density at radius 1 is 1.00 bits per heavy atom. The van der Waals surface area contributed by atoms with E-state index in [-0.39, 0.29) is 5.91 Å². The fraction of sp³-hybridized carbons (Fsp3) is 0. The van der Waals surface area contributed by atoms with Crippen LogP contribution in [0.5, 0.6) is 0 Å². The van der Waals surface area contributed by atoms with Crippen molar-refractivity contribution in [3.63, 3.8) is 0 Å². The number of amides is 1. The first kappa shape index (κ1) is 11.7. The molecule has 0 aliphatic heterocycles. The Hall–Kier alpha value is -2.36. The van der Waals surface area contributed by atoms with Crippen LogP contribution in [0.1, 0.15) is 10.4 Å². The van der Waals surface area contributed by atoms with Gasteiger partial charge in [-0.1, -0.05) is 24.3 Å². The molecule has 0 atom stereocenters. The molecule has 2 aromatic rings. The fourth-order valence-electron chi connectivity index (χ4n) is 0.978. The third kappa shape index (κ3) is 4.23. The molecule has 0 saturated carbocycles. The summed E-state index contributed by atoms with van der Waals surface area (Å²) in [5.41, 5.74) is 10.8. The molecule has 0 radical (unpaired) electrons. The van der Waals surface area contributed by atoms with E-state index in [1.807, 2.05) is 18.2 Å². The number of nitrogens with two attached hydrogens (primary N) is 2. The van der Waals surface area contributed by atoms with Gasteiger partial charge in [0.05, 0.1) is 0 Å². The average molecular weight is 215 g/mol. The van der Waals surface area contributed by atoms with Gasteiger partial charge in [-0.2, -0.15) is 0 Å². The molecule has 0 unspecified atom stereocenters. The molecule has 4 nitrogen and oxygen atoms in total. The lowest BCUT2D eigenvalue weighted by molar-refractivity contribution is 0.100. The maximum absolute atomic E-state index is 10.4. The van der Waals surface area contributed by atoms with Crippen LogP contribution in [-0.4, -0.2) is 10.9 Å². The third-order valence-corrected chi connectivity index (χ3v) is 1.75. The molecule has 82 valence electrons. The van der Waals surface area contributed by atoms with Crippen LogP contribution in [0.25, 0.3) is 0 Å². The Kier molecular flexibility index (Phi) is 4.53. The topological polar surface area (TPSA) is 82.0 Å². The first-order valence-electron chi connectivity index (χ1n) is 4.71. The second-order valence-electron chi connectivity index (χ2n) is 2.98.